The maximum absolute atomic E-state index is 12.4. The molecule has 0 saturated carbocycles. The van der Waals surface area contributed by atoms with Crippen LogP contribution in [0.4, 0.5) is 9.93 Å². The zero-order valence-electron chi connectivity index (χ0n) is 14.5. The van der Waals surface area contributed by atoms with Crippen molar-refractivity contribution < 1.29 is 23.8 Å². The summed E-state index contributed by atoms with van der Waals surface area (Å²) in [5.74, 6) is 1.15. The van der Waals surface area contributed by atoms with Crippen molar-refractivity contribution in [1.82, 2.24) is 9.88 Å². The summed E-state index contributed by atoms with van der Waals surface area (Å²) in [5.41, 5.74) is 0.902. The number of hydrogen-bond acceptors (Lipinski definition) is 7. The minimum absolute atomic E-state index is 0.0471. The normalized spacial score (nSPS) is 12.9. The van der Waals surface area contributed by atoms with Crippen LogP contribution in [0.25, 0.3) is 0 Å². The van der Waals surface area contributed by atoms with E-state index in [0.717, 1.165) is 10.6 Å². The highest BCUT2D eigenvalue weighted by Crippen LogP contribution is 2.28. The monoisotopic (exact) mass is 377 g/mol. The van der Waals surface area contributed by atoms with Gasteiger partial charge in [0.05, 0.1) is 26.5 Å². The minimum atomic E-state index is -0.560. The lowest BCUT2D eigenvalue weighted by Crippen LogP contribution is -2.38. The van der Waals surface area contributed by atoms with Gasteiger partial charge in [-0.2, -0.15) is 0 Å². The second kappa shape index (κ2) is 8.05. The van der Waals surface area contributed by atoms with E-state index in [0.29, 0.717) is 36.1 Å². The number of nitrogens with one attached hydrogen (secondary N) is 1. The molecule has 8 nitrogen and oxygen atoms in total. The van der Waals surface area contributed by atoms with Gasteiger partial charge in [0.1, 0.15) is 11.5 Å². The zero-order valence-corrected chi connectivity index (χ0v) is 15.3. The van der Waals surface area contributed by atoms with E-state index in [1.54, 1.807) is 30.2 Å². The first-order valence-electron chi connectivity index (χ1n) is 7.97. The van der Waals surface area contributed by atoms with Crippen molar-refractivity contribution in [1.29, 1.82) is 0 Å². The van der Waals surface area contributed by atoms with Crippen LogP contribution < -0.4 is 14.8 Å². The molecule has 1 aromatic heterocycles. The number of amides is 2. The van der Waals surface area contributed by atoms with Gasteiger partial charge < -0.3 is 19.1 Å². The number of hydrogen-bond donors (Lipinski definition) is 1. The van der Waals surface area contributed by atoms with E-state index < -0.39 is 6.09 Å². The Hall–Kier alpha value is -2.81. The van der Waals surface area contributed by atoms with Gasteiger partial charge in [0.2, 0.25) is 0 Å². The van der Waals surface area contributed by atoms with Gasteiger partial charge in [0.25, 0.3) is 5.91 Å². The molecule has 0 radical (unpaired) electrons. The van der Waals surface area contributed by atoms with Crippen molar-refractivity contribution in [2.75, 3.05) is 32.7 Å². The number of carbonyl (C=O) groups is 2. The molecule has 2 heterocycles. The van der Waals surface area contributed by atoms with Crippen LogP contribution in [0.15, 0.2) is 24.3 Å². The number of aromatic nitrogens is 1. The number of ether oxygens (including phenoxy) is 3. The molecule has 1 N–H and O–H groups in total. The standard InChI is InChI=1S/C17H19N3O5S/c1-23-11-4-3-5-12(8-11)25-10-15(21)20-7-6-13-14(9-20)26-16(18-13)19-17(22)24-2/h3-5,8H,6-7,9-10H2,1-2H3,(H,18,19,22). The topological polar surface area (TPSA) is 90.0 Å². The van der Waals surface area contributed by atoms with Crippen LogP contribution in [-0.4, -0.2) is 49.3 Å². The van der Waals surface area contributed by atoms with E-state index in [2.05, 4.69) is 15.0 Å². The fourth-order valence-electron chi connectivity index (χ4n) is 2.53. The van der Waals surface area contributed by atoms with Gasteiger partial charge in [-0.3, -0.25) is 10.1 Å². The van der Waals surface area contributed by atoms with Crippen molar-refractivity contribution in [3.05, 3.63) is 34.8 Å². The number of carbonyl (C=O) groups excluding carboxylic acids is 2. The fraction of sp³-hybridized carbons (Fsp3) is 0.353. The average Bonchev–Trinajstić information content (AvgIpc) is 3.07. The minimum Gasteiger partial charge on any atom is -0.497 e. The first-order valence-corrected chi connectivity index (χ1v) is 8.79. The molecular weight excluding hydrogens is 358 g/mol. The predicted octanol–water partition coefficient (Wildman–Crippen LogP) is 2.29. The Balaban J connectivity index is 1.57. The maximum atomic E-state index is 12.4. The van der Waals surface area contributed by atoms with Crippen LogP contribution in [0.1, 0.15) is 10.6 Å². The number of benzene rings is 1. The summed E-state index contributed by atoms with van der Waals surface area (Å²) in [4.78, 5) is 30.8. The molecule has 0 saturated heterocycles. The molecule has 0 fully saturated rings. The highest BCUT2D eigenvalue weighted by molar-refractivity contribution is 7.15. The van der Waals surface area contributed by atoms with E-state index in [1.807, 2.05) is 6.07 Å². The molecule has 0 unspecified atom stereocenters. The number of methoxy groups -OCH3 is 2. The number of nitrogens with zero attached hydrogens (tertiary/aromatic N) is 2. The van der Waals surface area contributed by atoms with Gasteiger partial charge in [-0.05, 0) is 12.1 Å². The Labute approximate surface area is 154 Å². The van der Waals surface area contributed by atoms with Crippen molar-refractivity contribution in [2.24, 2.45) is 0 Å². The first-order chi connectivity index (χ1) is 12.6. The molecule has 0 spiro atoms. The molecule has 138 valence electrons. The summed E-state index contributed by atoms with van der Waals surface area (Å²) in [6, 6.07) is 7.12. The Morgan fingerprint density at radius 2 is 2.12 bits per heavy atom. The second-order valence-electron chi connectivity index (χ2n) is 5.54. The molecule has 1 aliphatic rings. The Bertz CT molecular complexity index is 807. The molecule has 2 aromatic rings. The maximum Gasteiger partial charge on any atom is 0.413 e. The summed E-state index contributed by atoms with van der Waals surface area (Å²) in [7, 11) is 2.87. The Kier molecular flexibility index (Phi) is 5.57. The van der Waals surface area contributed by atoms with Gasteiger partial charge in [-0.25, -0.2) is 9.78 Å². The Morgan fingerprint density at radius 1 is 1.31 bits per heavy atom. The summed E-state index contributed by atoms with van der Waals surface area (Å²) in [6.45, 7) is 0.972. The molecule has 0 aliphatic carbocycles. The highest BCUT2D eigenvalue weighted by Gasteiger charge is 2.25. The van der Waals surface area contributed by atoms with Crippen LogP contribution in [0.3, 0.4) is 0 Å². The van der Waals surface area contributed by atoms with Crippen LogP contribution in [0.2, 0.25) is 0 Å². The largest absolute Gasteiger partial charge is 0.497 e. The van der Waals surface area contributed by atoms with E-state index in [1.165, 1.54) is 18.4 Å². The molecule has 0 atom stereocenters. The van der Waals surface area contributed by atoms with Gasteiger partial charge in [-0.15, -0.1) is 0 Å². The first kappa shape index (κ1) is 18.0. The lowest BCUT2D eigenvalue weighted by atomic mass is 10.2. The Morgan fingerprint density at radius 3 is 2.88 bits per heavy atom. The third-order valence-electron chi connectivity index (χ3n) is 3.88. The molecule has 1 aliphatic heterocycles. The number of rotatable bonds is 5. The summed E-state index contributed by atoms with van der Waals surface area (Å²) < 4.78 is 15.3. The molecule has 1 aromatic carbocycles. The quantitative estimate of drug-likeness (QED) is 0.860. The van der Waals surface area contributed by atoms with E-state index in [-0.39, 0.29) is 12.5 Å². The summed E-state index contributed by atoms with van der Waals surface area (Å²) >= 11 is 1.35. The molecule has 9 heteroatoms. The third kappa shape index (κ3) is 4.23. The van der Waals surface area contributed by atoms with Crippen LogP contribution in [0, 0.1) is 0 Å². The van der Waals surface area contributed by atoms with Gasteiger partial charge in [0.15, 0.2) is 11.7 Å². The van der Waals surface area contributed by atoms with E-state index in [9.17, 15) is 9.59 Å². The average molecular weight is 377 g/mol. The fourth-order valence-corrected chi connectivity index (χ4v) is 3.54. The summed E-state index contributed by atoms with van der Waals surface area (Å²) in [5, 5.41) is 3.03. The van der Waals surface area contributed by atoms with E-state index in [4.69, 9.17) is 9.47 Å². The van der Waals surface area contributed by atoms with E-state index >= 15 is 0 Å². The van der Waals surface area contributed by atoms with Crippen LogP contribution >= 0.6 is 11.3 Å². The molecule has 26 heavy (non-hydrogen) atoms. The summed E-state index contributed by atoms with van der Waals surface area (Å²) in [6.07, 6.45) is 0.0790. The number of thiazole rings is 1. The highest BCUT2D eigenvalue weighted by atomic mass is 32.1. The zero-order chi connectivity index (χ0) is 18.5. The predicted molar refractivity (Wildman–Crippen MR) is 95.8 cm³/mol. The van der Waals surface area contributed by atoms with Crippen molar-refractivity contribution in [3.63, 3.8) is 0 Å². The van der Waals surface area contributed by atoms with Crippen LogP contribution in [0.5, 0.6) is 11.5 Å². The molecule has 2 amide bonds. The van der Waals surface area contributed by atoms with Gasteiger partial charge in [0, 0.05) is 23.9 Å². The van der Waals surface area contributed by atoms with Crippen molar-refractivity contribution in [2.45, 2.75) is 13.0 Å². The van der Waals surface area contributed by atoms with Crippen molar-refractivity contribution >= 4 is 28.5 Å². The lowest BCUT2D eigenvalue weighted by Gasteiger charge is -2.26. The molecule has 3 rings (SSSR count). The SMILES string of the molecule is COC(=O)Nc1nc2c(s1)CN(C(=O)COc1cccc(OC)c1)CC2. The number of anilines is 1. The van der Waals surface area contributed by atoms with Gasteiger partial charge in [-0.1, -0.05) is 17.4 Å². The van der Waals surface area contributed by atoms with Crippen molar-refractivity contribution in [3.8, 4) is 11.5 Å². The van der Waals surface area contributed by atoms with Gasteiger partial charge >= 0.3 is 6.09 Å². The lowest BCUT2D eigenvalue weighted by molar-refractivity contribution is -0.134. The smallest absolute Gasteiger partial charge is 0.413 e. The third-order valence-corrected chi connectivity index (χ3v) is 4.88. The molecular formula is C17H19N3O5S. The van der Waals surface area contributed by atoms with Crippen LogP contribution in [-0.2, 0) is 22.5 Å². The molecule has 0 bridgehead atoms. The second-order valence-corrected chi connectivity index (χ2v) is 6.62. The number of fused-ring (bicyclic) bond motifs is 1.